The number of carbonyl (C=O) groups is 1. The molecule has 1 amide bonds. The summed E-state index contributed by atoms with van der Waals surface area (Å²) in [6.45, 7) is 1.67. The minimum absolute atomic E-state index is 0.0728. The molecule has 0 radical (unpaired) electrons. The van der Waals surface area contributed by atoms with Crippen molar-refractivity contribution in [2.45, 2.75) is 13.0 Å². The van der Waals surface area contributed by atoms with E-state index in [9.17, 15) is 19.1 Å². The number of ether oxygens (including phenoxy) is 1. The number of hydrogen-bond acceptors (Lipinski definition) is 8. The van der Waals surface area contributed by atoms with Gasteiger partial charge >= 0.3 is 11.7 Å². The summed E-state index contributed by atoms with van der Waals surface area (Å²) in [5.74, 6) is 5.88. The van der Waals surface area contributed by atoms with E-state index in [-0.39, 0.29) is 23.9 Å². The van der Waals surface area contributed by atoms with Crippen LogP contribution in [-0.4, -0.2) is 56.6 Å². The standard InChI is InChI=1S/C28H23FN6O5/c1-15(24-20(9-6-10-34(2)28(37)38)19-7-4-5-8-21(19)27(36)40-24)35-26-22(25(30)31-14-32-26)23(33-35)16-11-17(29)13-18(12-16)39-3/h4-5,7-8,11-15H,10H2,1-3H3,(H,37,38)(H2,30,31,32). The molecule has 0 saturated carbocycles. The fraction of sp³-hybridized carbons (Fsp3) is 0.179. The second-order valence-corrected chi connectivity index (χ2v) is 8.92. The molecule has 3 N–H and O–H groups in total. The van der Waals surface area contributed by atoms with E-state index in [1.807, 2.05) is 0 Å². The first-order chi connectivity index (χ1) is 19.2. The number of methoxy groups -OCH3 is 1. The summed E-state index contributed by atoms with van der Waals surface area (Å²) in [5.41, 5.74) is 7.04. The minimum atomic E-state index is -1.13. The van der Waals surface area contributed by atoms with E-state index in [2.05, 4.69) is 21.8 Å². The molecule has 5 rings (SSSR count). The van der Waals surface area contributed by atoms with E-state index >= 15 is 0 Å². The van der Waals surface area contributed by atoms with Crippen molar-refractivity contribution >= 4 is 33.7 Å². The molecule has 0 aliphatic rings. The Balaban J connectivity index is 1.74. The number of nitrogen functional groups attached to an aromatic ring is 1. The maximum absolute atomic E-state index is 14.4. The molecule has 0 saturated heterocycles. The summed E-state index contributed by atoms with van der Waals surface area (Å²) in [6, 6.07) is 10.2. The normalized spacial score (nSPS) is 11.7. The second-order valence-electron chi connectivity index (χ2n) is 8.92. The third kappa shape index (κ3) is 4.64. The number of amides is 1. The summed E-state index contributed by atoms with van der Waals surface area (Å²) in [7, 11) is 2.82. The van der Waals surface area contributed by atoms with Crippen molar-refractivity contribution in [1.29, 1.82) is 0 Å². The maximum atomic E-state index is 14.4. The van der Waals surface area contributed by atoms with Gasteiger partial charge in [-0.2, -0.15) is 5.10 Å². The number of halogens is 1. The minimum Gasteiger partial charge on any atom is -0.497 e. The fourth-order valence-corrected chi connectivity index (χ4v) is 4.35. The van der Waals surface area contributed by atoms with Gasteiger partial charge in [-0.25, -0.2) is 28.6 Å². The Labute approximate surface area is 226 Å². The Kier molecular flexibility index (Phi) is 6.79. The number of nitrogens with two attached hydrogens (primary N) is 1. The first kappa shape index (κ1) is 26.2. The number of anilines is 1. The van der Waals surface area contributed by atoms with Gasteiger partial charge in [0.1, 0.15) is 41.2 Å². The van der Waals surface area contributed by atoms with Gasteiger partial charge in [0.2, 0.25) is 0 Å². The number of rotatable bonds is 5. The molecule has 0 aliphatic carbocycles. The van der Waals surface area contributed by atoms with Crippen LogP contribution in [0.15, 0.2) is 58.0 Å². The smallest absolute Gasteiger partial charge is 0.407 e. The van der Waals surface area contributed by atoms with Crippen LogP contribution < -0.4 is 16.1 Å². The molecule has 5 aromatic rings. The highest BCUT2D eigenvalue weighted by atomic mass is 19.1. The van der Waals surface area contributed by atoms with Gasteiger partial charge in [-0.3, -0.25) is 0 Å². The van der Waals surface area contributed by atoms with Crippen molar-refractivity contribution in [3.8, 4) is 28.8 Å². The molecule has 1 atom stereocenters. The fourth-order valence-electron chi connectivity index (χ4n) is 4.35. The summed E-state index contributed by atoms with van der Waals surface area (Å²) in [5, 5.41) is 15.1. The molecule has 3 aromatic heterocycles. The van der Waals surface area contributed by atoms with Crippen LogP contribution in [0.25, 0.3) is 33.1 Å². The number of hydrogen-bond donors (Lipinski definition) is 2. The molecular formula is C28H23FN6O5. The zero-order chi connectivity index (χ0) is 28.6. The maximum Gasteiger partial charge on any atom is 0.407 e. The average molecular weight is 543 g/mol. The van der Waals surface area contributed by atoms with Gasteiger partial charge in [-0.05, 0) is 25.1 Å². The molecule has 11 nitrogen and oxygen atoms in total. The lowest BCUT2D eigenvalue weighted by Crippen LogP contribution is -2.24. The third-order valence-corrected chi connectivity index (χ3v) is 6.37. The zero-order valence-electron chi connectivity index (χ0n) is 21.7. The van der Waals surface area contributed by atoms with Gasteiger partial charge in [0.15, 0.2) is 5.65 Å². The molecular weight excluding hydrogens is 519 g/mol. The Morgan fingerprint density at radius 1 is 1.25 bits per heavy atom. The van der Waals surface area contributed by atoms with Gasteiger partial charge in [0.25, 0.3) is 0 Å². The van der Waals surface area contributed by atoms with Crippen LogP contribution in [0.3, 0.4) is 0 Å². The average Bonchev–Trinajstić information content (AvgIpc) is 3.34. The predicted molar refractivity (Wildman–Crippen MR) is 146 cm³/mol. The second kappa shape index (κ2) is 10.4. The van der Waals surface area contributed by atoms with Crippen LogP contribution in [0.1, 0.15) is 24.3 Å². The van der Waals surface area contributed by atoms with E-state index in [1.165, 1.54) is 37.3 Å². The van der Waals surface area contributed by atoms with Crippen LogP contribution >= 0.6 is 0 Å². The summed E-state index contributed by atoms with van der Waals surface area (Å²) in [6.07, 6.45) is 0.145. The van der Waals surface area contributed by atoms with Gasteiger partial charge < -0.3 is 24.9 Å². The summed E-state index contributed by atoms with van der Waals surface area (Å²) in [4.78, 5) is 33.7. The number of aromatic nitrogens is 4. The first-order valence-corrected chi connectivity index (χ1v) is 12.0. The molecule has 202 valence electrons. The molecule has 1 unspecified atom stereocenters. The number of carboxylic acid groups (broad SMARTS) is 1. The van der Waals surface area contributed by atoms with E-state index in [0.29, 0.717) is 38.6 Å². The van der Waals surface area contributed by atoms with Crippen molar-refractivity contribution in [3.05, 3.63) is 76.4 Å². The Morgan fingerprint density at radius 2 is 2.00 bits per heavy atom. The zero-order valence-corrected chi connectivity index (χ0v) is 21.7. The van der Waals surface area contributed by atoms with Crippen LogP contribution in [0, 0.1) is 17.7 Å². The Morgan fingerprint density at radius 3 is 2.73 bits per heavy atom. The molecule has 2 aromatic carbocycles. The van der Waals surface area contributed by atoms with E-state index < -0.39 is 23.6 Å². The van der Waals surface area contributed by atoms with E-state index in [0.717, 1.165) is 4.90 Å². The molecule has 0 spiro atoms. The molecule has 40 heavy (non-hydrogen) atoms. The van der Waals surface area contributed by atoms with Gasteiger partial charge in [0.05, 0.1) is 30.0 Å². The van der Waals surface area contributed by atoms with Crippen molar-refractivity contribution < 1.29 is 23.4 Å². The van der Waals surface area contributed by atoms with Crippen molar-refractivity contribution in [2.24, 2.45) is 0 Å². The third-order valence-electron chi connectivity index (χ3n) is 6.37. The summed E-state index contributed by atoms with van der Waals surface area (Å²) >= 11 is 0. The van der Waals surface area contributed by atoms with Crippen LogP contribution in [0.2, 0.25) is 0 Å². The molecule has 0 aliphatic heterocycles. The van der Waals surface area contributed by atoms with Gasteiger partial charge in [-0.1, -0.05) is 30.0 Å². The first-order valence-electron chi connectivity index (χ1n) is 12.0. The monoisotopic (exact) mass is 542 g/mol. The molecule has 0 bridgehead atoms. The van der Waals surface area contributed by atoms with Crippen molar-refractivity contribution in [2.75, 3.05) is 26.4 Å². The lowest BCUT2D eigenvalue weighted by atomic mass is 10.0. The number of fused-ring (bicyclic) bond motifs is 2. The lowest BCUT2D eigenvalue weighted by molar-refractivity contribution is 0.161. The SMILES string of the molecule is COc1cc(F)cc(-c2nn(C(C)c3oc(=O)c4ccccc4c3C#CCN(C)C(=O)O)c3ncnc(N)c23)c1. The van der Waals surface area contributed by atoms with Crippen LogP contribution in [0.4, 0.5) is 15.0 Å². The van der Waals surface area contributed by atoms with E-state index in [4.69, 9.17) is 20.0 Å². The predicted octanol–water partition coefficient (Wildman–Crippen LogP) is 3.90. The molecule has 0 fully saturated rings. The number of benzene rings is 2. The van der Waals surface area contributed by atoms with Crippen molar-refractivity contribution in [1.82, 2.24) is 24.6 Å². The summed E-state index contributed by atoms with van der Waals surface area (Å²) < 4.78 is 26.9. The van der Waals surface area contributed by atoms with Crippen LogP contribution in [-0.2, 0) is 0 Å². The quantitative estimate of drug-likeness (QED) is 0.315. The topological polar surface area (TPSA) is 150 Å². The number of nitrogens with zero attached hydrogens (tertiary/aromatic N) is 5. The highest BCUT2D eigenvalue weighted by molar-refractivity contribution is 5.98. The molecule has 12 heteroatoms. The highest BCUT2D eigenvalue weighted by Crippen LogP contribution is 2.36. The van der Waals surface area contributed by atoms with Gasteiger partial charge in [0, 0.05) is 24.1 Å². The largest absolute Gasteiger partial charge is 0.497 e. The molecule has 3 heterocycles. The highest BCUT2D eigenvalue weighted by Gasteiger charge is 2.26. The lowest BCUT2D eigenvalue weighted by Gasteiger charge is -2.15. The van der Waals surface area contributed by atoms with Gasteiger partial charge in [-0.15, -0.1) is 0 Å². The van der Waals surface area contributed by atoms with E-state index in [1.54, 1.807) is 37.3 Å². The Bertz CT molecular complexity index is 1910. The Hall–Kier alpha value is -5.44. The van der Waals surface area contributed by atoms with Crippen LogP contribution in [0.5, 0.6) is 5.75 Å². The van der Waals surface area contributed by atoms with Crippen molar-refractivity contribution in [3.63, 3.8) is 0 Å².